The van der Waals surface area contributed by atoms with Crippen LogP contribution >= 0.6 is 23.2 Å². The van der Waals surface area contributed by atoms with E-state index in [1.165, 1.54) is 6.42 Å². The van der Waals surface area contributed by atoms with E-state index in [9.17, 15) is 0 Å². The van der Waals surface area contributed by atoms with Crippen LogP contribution in [0.2, 0.25) is 10.0 Å². The zero-order valence-electron chi connectivity index (χ0n) is 10.1. The molecule has 2 unspecified atom stereocenters. The van der Waals surface area contributed by atoms with Crippen molar-refractivity contribution in [3.8, 4) is 0 Å². The van der Waals surface area contributed by atoms with E-state index in [1.54, 1.807) is 0 Å². The van der Waals surface area contributed by atoms with Crippen molar-refractivity contribution in [2.24, 2.45) is 5.92 Å². The molecule has 2 atom stereocenters. The van der Waals surface area contributed by atoms with E-state index in [4.69, 9.17) is 23.2 Å². The second-order valence-electron chi connectivity index (χ2n) is 4.29. The predicted molar refractivity (Wildman–Crippen MR) is 72.3 cm³/mol. The van der Waals surface area contributed by atoms with Gasteiger partial charge in [0.1, 0.15) is 0 Å². The Morgan fingerprint density at radius 3 is 2.56 bits per heavy atom. The van der Waals surface area contributed by atoms with Crippen LogP contribution in [0.5, 0.6) is 0 Å². The number of halogens is 2. The van der Waals surface area contributed by atoms with Gasteiger partial charge in [0, 0.05) is 6.04 Å². The summed E-state index contributed by atoms with van der Waals surface area (Å²) >= 11 is 12.2. The molecule has 0 heterocycles. The lowest BCUT2D eigenvalue weighted by Gasteiger charge is -2.18. The average molecular weight is 260 g/mol. The molecule has 90 valence electrons. The highest BCUT2D eigenvalue weighted by atomic mass is 35.5. The van der Waals surface area contributed by atoms with Crippen LogP contribution in [-0.2, 0) is 0 Å². The van der Waals surface area contributed by atoms with Crippen molar-refractivity contribution < 1.29 is 0 Å². The van der Waals surface area contributed by atoms with E-state index in [0.29, 0.717) is 16.0 Å². The van der Waals surface area contributed by atoms with Gasteiger partial charge in [-0.15, -0.1) is 0 Å². The van der Waals surface area contributed by atoms with Crippen LogP contribution in [0.25, 0.3) is 0 Å². The number of nitrogens with one attached hydrogen (secondary N) is 1. The quantitative estimate of drug-likeness (QED) is 0.809. The van der Waals surface area contributed by atoms with Crippen LogP contribution in [0.1, 0.15) is 38.8 Å². The van der Waals surface area contributed by atoms with E-state index in [-0.39, 0.29) is 6.04 Å². The van der Waals surface area contributed by atoms with Crippen LogP contribution < -0.4 is 5.32 Å². The zero-order valence-corrected chi connectivity index (χ0v) is 11.6. The largest absolute Gasteiger partial charge is 0.310 e. The lowest BCUT2D eigenvalue weighted by molar-refractivity contribution is 0.461. The fourth-order valence-corrected chi connectivity index (χ4v) is 1.96. The summed E-state index contributed by atoms with van der Waals surface area (Å²) in [5.74, 6) is 0.681. The fourth-order valence-electron chi connectivity index (χ4n) is 1.49. The highest BCUT2D eigenvalue weighted by Gasteiger charge is 2.11. The predicted octanol–water partition coefficient (Wildman–Crippen LogP) is 4.69. The Balaban J connectivity index is 2.66. The molecule has 0 aromatic heterocycles. The monoisotopic (exact) mass is 259 g/mol. The molecule has 0 spiro atoms. The first-order chi connectivity index (χ1) is 7.56. The SMILES string of the molecule is CCC(C)CNC(C)c1cccc(Cl)c1Cl. The molecule has 1 nitrogen and oxygen atoms in total. The van der Waals surface area contributed by atoms with Gasteiger partial charge in [-0.05, 0) is 31.0 Å². The maximum Gasteiger partial charge on any atom is 0.0639 e. The molecule has 1 aromatic rings. The van der Waals surface area contributed by atoms with Crippen molar-refractivity contribution in [2.75, 3.05) is 6.54 Å². The molecule has 3 heteroatoms. The number of rotatable bonds is 5. The molecule has 1 N–H and O–H groups in total. The Morgan fingerprint density at radius 2 is 1.94 bits per heavy atom. The Labute approximate surface area is 108 Å². The second kappa shape index (κ2) is 6.48. The van der Waals surface area contributed by atoms with Crippen LogP contribution in [0, 0.1) is 5.92 Å². The molecule has 1 rings (SSSR count). The Hall–Kier alpha value is -0.240. The average Bonchev–Trinajstić information content (AvgIpc) is 2.29. The first-order valence-electron chi connectivity index (χ1n) is 5.73. The molecular weight excluding hydrogens is 241 g/mol. The summed E-state index contributed by atoms with van der Waals surface area (Å²) in [5.41, 5.74) is 1.07. The van der Waals surface area contributed by atoms with Crippen LogP contribution in [-0.4, -0.2) is 6.54 Å². The number of benzene rings is 1. The third-order valence-electron chi connectivity index (χ3n) is 2.92. The van der Waals surface area contributed by atoms with Crippen molar-refractivity contribution in [1.82, 2.24) is 5.32 Å². The third-order valence-corrected chi connectivity index (χ3v) is 3.75. The zero-order chi connectivity index (χ0) is 12.1. The van der Waals surface area contributed by atoms with Gasteiger partial charge in [-0.2, -0.15) is 0 Å². The minimum absolute atomic E-state index is 0.236. The van der Waals surface area contributed by atoms with Crippen molar-refractivity contribution >= 4 is 23.2 Å². The highest BCUT2D eigenvalue weighted by molar-refractivity contribution is 6.42. The van der Waals surface area contributed by atoms with Gasteiger partial charge in [0.15, 0.2) is 0 Å². The topological polar surface area (TPSA) is 12.0 Å². The molecule has 0 saturated heterocycles. The molecule has 0 amide bonds. The Kier molecular flexibility index (Phi) is 5.60. The molecular formula is C13H19Cl2N. The van der Waals surface area contributed by atoms with E-state index in [0.717, 1.165) is 12.1 Å². The van der Waals surface area contributed by atoms with E-state index in [2.05, 4.69) is 26.1 Å². The van der Waals surface area contributed by atoms with Crippen molar-refractivity contribution in [3.63, 3.8) is 0 Å². The maximum absolute atomic E-state index is 6.17. The summed E-state index contributed by atoms with van der Waals surface area (Å²) in [4.78, 5) is 0. The Morgan fingerprint density at radius 1 is 1.25 bits per heavy atom. The second-order valence-corrected chi connectivity index (χ2v) is 5.07. The molecule has 0 bridgehead atoms. The van der Waals surface area contributed by atoms with E-state index in [1.807, 2.05) is 18.2 Å². The van der Waals surface area contributed by atoms with Gasteiger partial charge in [-0.3, -0.25) is 0 Å². The standard InChI is InChI=1S/C13H19Cl2N/c1-4-9(2)8-16-10(3)11-6-5-7-12(14)13(11)15/h5-7,9-10,16H,4,8H2,1-3H3. The van der Waals surface area contributed by atoms with Gasteiger partial charge in [0.2, 0.25) is 0 Å². The minimum atomic E-state index is 0.236. The molecule has 0 radical (unpaired) electrons. The lowest BCUT2D eigenvalue weighted by Crippen LogP contribution is -2.24. The van der Waals surface area contributed by atoms with Gasteiger partial charge >= 0.3 is 0 Å². The summed E-state index contributed by atoms with van der Waals surface area (Å²) in [7, 11) is 0. The summed E-state index contributed by atoms with van der Waals surface area (Å²) in [6, 6.07) is 6.00. The Bertz CT molecular complexity index is 339. The molecule has 1 aromatic carbocycles. The van der Waals surface area contributed by atoms with E-state index >= 15 is 0 Å². The van der Waals surface area contributed by atoms with Crippen molar-refractivity contribution in [2.45, 2.75) is 33.2 Å². The smallest absolute Gasteiger partial charge is 0.0639 e. The number of hydrogen-bond acceptors (Lipinski definition) is 1. The summed E-state index contributed by atoms with van der Waals surface area (Å²) in [6.45, 7) is 7.54. The maximum atomic E-state index is 6.17. The van der Waals surface area contributed by atoms with Crippen molar-refractivity contribution in [1.29, 1.82) is 0 Å². The van der Waals surface area contributed by atoms with Gasteiger partial charge < -0.3 is 5.32 Å². The molecule has 0 aliphatic carbocycles. The number of hydrogen-bond donors (Lipinski definition) is 1. The van der Waals surface area contributed by atoms with Crippen molar-refractivity contribution in [3.05, 3.63) is 33.8 Å². The summed E-state index contributed by atoms with van der Waals surface area (Å²) < 4.78 is 0. The van der Waals surface area contributed by atoms with Gasteiger partial charge in [-0.1, -0.05) is 55.6 Å². The molecule has 0 saturated carbocycles. The minimum Gasteiger partial charge on any atom is -0.310 e. The lowest BCUT2D eigenvalue weighted by atomic mass is 10.1. The molecule has 0 fully saturated rings. The van der Waals surface area contributed by atoms with Crippen LogP contribution in [0.3, 0.4) is 0 Å². The van der Waals surface area contributed by atoms with Gasteiger partial charge in [-0.25, -0.2) is 0 Å². The van der Waals surface area contributed by atoms with E-state index < -0.39 is 0 Å². The molecule has 16 heavy (non-hydrogen) atoms. The highest BCUT2D eigenvalue weighted by Crippen LogP contribution is 2.29. The summed E-state index contributed by atoms with van der Waals surface area (Å²) in [5, 5.41) is 4.76. The van der Waals surface area contributed by atoms with Gasteiger partial charge in [0.25, 0.3) is 0 Å². The fraction of sp³-hybridized carbons (Fsp3) is 0.538. The molecule has 0 aliphatic heterocycles. The molecule has 0 aliphatic rings. The first kappa shape index (κ1) is 13.8. The van der Waals surface area contributed by atoms with Gasteiger partial charge in [0.05, 0.1) is 10.0 Å². The van der Waals surface area contributed by atoms with Crippen LogP contribution in [0.4, 0.5) is 0 Å². The normalized spacial score (nSPS) is 14.8. The third kappa shape index (κ3) is 3.65. The summed E-state index contributed by atoms with van der Waals surface area (Å²) in [6.07, 6.45) is 1.18. The van der Waals surface area contributed by atoms with Crippen LogP contribution in [0.15, 0.2) is 18.2 Å². The first-order valence-corrected chi connectivity index (χ1v) is 6.49.